The molecule has 2 N–H and O–H groups in total. The molecule has 0 aliphatic heterocycles. The molecule has 2 heteroatoms. The van der Waals surface area contributed by atoms with Gasteiger partial charge in [0.05, 0.1) is 0 Å². The zero-order chi connectivity index (χ0) is 9.68. The molecule has 0 saturated carbocycles. The molecule has 0 bridgehead atoms. The Bertz CT molecular complexity index is 275. The maximum Gasteiger partial charge on any atom is 0.125 e. The highest BCUT2D eigenvalue weighted by atomic mass is 14.8. The first-order chi connectivity index (χ1) is 6.20. The lowest BCUT2D eigenvalue weighted by atomic mass is 10.2. The van der Waals surface area contributed by atoms with E-state index in [1.807, 2.05) is 30.3 Å². The summed E-state index contributed by atoms with van der Waals surface area (Å²) in [7, 11) is 0. The van der Waals surface area contributed by atoms with Crippen molar-refractivity contribution in [2.75, 3.05) is 6.54 Å². The van der Waals surface area contributed by atoms with E-state index in [4.69, 9.17) is 5.73 Å². The fourth-order valence-corrected chi connectivity index (χ4v) is 0.981. The molecule has 0 spiro atoms. The Hall–Kier alpha value is -1.31. The van der Waals surface area contributed by atoms with Crippen LogP contribution in [0.25, 0.3) is 0 Å². The van der Waals surface area contributed by atoms with Gasteiger partial charge in [-0.1, -0.05) is 44.2 Å². The molecule has 0 radical (unpaired) electrons. The van der Waals surface area contributed by atoms with Crippen LogP contribution in [0, 0.1) is 5.92 Å². The van der Waals surface area contributed by atoms with Crippen molar-refractivity contribution in [3.05, 3.63) is 35.9 Å². The molecular weight excluding hydrogens is 160 g/mol. The summed E-state index contributed by atoms with van der Waals surface area (Å²) >= 11 is 0. The van der Waals surface area contributed by atoms with Crippen LogP contribution in [0.5, 0.6) is 0 Å². The molecule has 13 heavy (non-hydrogen) atoms. The summed E-state index contributed by atoms with van der Waals surface area (Å²) in [5.41, 5.74) is 6.80. The zero-order valence-electron chi connectivity index (χ0n) is 8.20. The van der Waals surface area contributed by atoms with E-state index in [0.717, 1.165) is 12.1 Å². The van der Waals surface area contributed by atoms with Crippen molar-refractivity contribution in [2.24, 2.45) is 16.6 Å². The molecule has 0 aliphatic rings. The van der Waals surface area contributed by atoms with E-state index in [-0.39, 0.29) is 0 Å². The van der Waals surface area contributed by atoms with E-state index in [1.165, 1.54) is 0 Å². The Morgan fingerprint density at radius 3 is 2.46 bits per heavy atom. The third-order valence-corrected chi connectivity index (χ3v) is 1.70. The molecule has 1 aromatic carbocycles. The minimum absolute atomic E-state index is 0.558. The third-order valence-electron chi connectivity index (χ3n) is 1.70. The maximum absolute atomic E-state index is 5.79. The molecular formula is C11H16N2. The highest BCUT2D eigenvalue weighted by molar-refractivity contribution is 5.97. The van der Waals surface area contributed by atoms with Crippen LogP contribution < -0.4 is 5.73 Å². The predicted molar refractivity (Wildman–Crippen MR) is 56.9 cm³/mol. The molecule has 1 aromatic rings. The summed E-state index contributed by atoms with van der Waals surface area (Å²) in [6.45, 7) is 5.05. The molecule has 70 valence electrons. The van der Waals surface area contributed by atoms with E-state index in [2.05, 4.69) is 18.8 Å². The summed E-state index contributed by atoms with van der Waals surface area (Å²) in [5.74, 6) is 1.19. The van der Waals surface area contributed by atoms with Crippen molar-refractivity contribution in [2.45, 2.75) is 13.8 Å². The summed E-state index contributed by atoms with van der Waals surface area (Å²) < 4.78 is 0. The SMILES string of the molecule is CC(C)CN=C(N)c1ccccc1. The van der Waals surface area contributed by atoms with Gasteiger partial charge in [-0.25, -0.2) is 0 Å². The highest BCUT2D eigenvalue weighted by Gasteiger charge is 1.96. The van der Waals surface area contributed by atoms with Crippen LogP contribution >= 0.6 is 0 Å². The Labute approximate surface area is 79.5 Å². The van der Waals surface area contributed by atoms with Gasteiger partial charge in [0.2, 0.25) is 0 Å². The van der Waals surface area contributed by atoms with Crippen LogP contribution in [0.4, 0.5) is 0 Å². The summed E-state index contributed by atoms with van der Waals surface area (Å²) in [4.78, 5) is 4.29. The standard InChI is InChI=1S/C11H16N2/c1-9(2)8-13-11(12)10-6-4-3-5-7-10/h3-7,9H,8H2,1-2H3,(H2,12,13). The van der Waals surface area contributed by atoms with Crippen molar-refractivity contribution in [1.82, 2.24) is 0 Å². The lowest BCUT2D eigenvalue weighted by molar-refractivity contribution is 0.665. The molecule has 0 unspecified atom stereocenters. The number of amidine groups is 1. The second-order valence-electron chi connectivity index (χ2n) is 3.49. The first-order valence-corrected chi connectivity index (χ1v) is 4.55. The molecule has 1 rings (SSSR count). The normalized spacial score (nSPS) is 12.1. The number of benzene rings is 1. The van der Waals surface area contributed by atoms with Gasteiger partial charge >= 0.3 is 0 Å². The maximum atomic E-state index is 5.79. The van der Waals surface area contributed by atoms with Crippen LogP contribution in [0.1, 0.15) is 19.4 Å². The first-order valence-electron chi connectivity index (χ1n) is 4.55. The van der Waals surface area contributed by atoms with E-state index < -0.39 is 0 Å². The van der Waals surface area contributed by atoms with Gasteiger partial charge in [0.15, 0.2) is 0 Å². The van der Waals surface area contributed by atoms with E-state index in [1.54, 1.807) is 0 Å². The lowest BCUT2D eigenvalue weighted by Crippen LogP contribution is -2.14. The number of hydrogen-bond acceptors (Lipinski definition) is 1. The van der Waals surface area contributed by atoms with Gasteiger partial charge in [-0.15, -0.1) is 0 Å². The topological polar surface area (TPSA) is 38.4 Å². The van der Waals surface area contributed by atoms with Crippen molar-refractivity contribution in [3.8, 4) is 0 Å². The number of rotatable bonds is 3. The summed E-state index contributed by atoms with van der Waals surface area (Å²) in [5, 5.41) is 0. The number of aliphatic imine (C=N–C) groups is 1. The quantitative estimate of drug-likeness (QED) is 0.555. The Balaban J connectivity index is 2.68. The Kier molecular flexibility index (Phi) is 3.50. The highest BCUT2D eigenvalue weighted by Crippen LogP contribution is 1.99. The Morgan fingerprint density at radius 1 is 1.31 bits per heavy atom. The third kappa shape index (κ3) is 3.28. The van der Waals surface area contributed by atoms with E-state index >= 15 is 0 Å². The number of hydrogen-bond donors (Lipinski definition) is 1. The zero-order valence-corrected chi connectivity index (χ0v) is 8.20. The van der Waals surface area contributed by atoms with Gasteiger partial charge in [0.25, 0.3) is 0 Å². The second kappa shape index (κ2) is 4.65. The molecule has 2 nitrogen and oxygen atoms in total. The van der Waals surface area contributed by atoms with Crippen molar-refractivity contribution >= 4 is 5.84 Å². The van der Waals surface area contributed by atoms with Crippen molar-refractivity contribution in [1.29, 1.82) is 0 Å². The lowest BCUT2D eigenvalue weighted by Gasteiger charge is -2.02. The van der Waals surface area contributed by atoms with Crippen LogP contribution in [0.15, 0.2) is 35.3 Å². The summed E-state index contributed by atoms with van der Waals surface area (Å²) in [6.07, 6.45) is 0. The van der Waals surface area contributed by atoms with Gasteiger partial charge < -0.3 is 5.73 Å². The minimum Gasteiger partial charge on any atom is -0.384 e. The molecule has 0 amide bonds. The monoisotopic (exact) mass is 176 g/mol. The molecule has 0 atom stereocenters. The van der Waals surface area contributed by atoms with Gasteiger partial charge in [0.1, 0.15) is 5.84 Å². The number of nitrogens with two attached hydrogens (primary N) is 1. The van der Waals surface area contributed by atoms with E-state index in [0.29, 0.717) is 11.8 Å². The Morgan fingerprint density at radius 2 is 1.92 bits per heavy atom. The van der Waals surface area contributed by atoms with Gasteiger partial charge in [-0.3, -0.25) is 4.99 Å². The van der Waals surface area contributed by atoms with Gasteiger partial charge in [-0.2, -0.15) is 0 Å². The van der Waals surface area contributed by atoms with Crippen molar-refractivity contribution in [3.63, 3.8) is 0 Å². The molecule has 0 aromatic heterocycles. The molecule has 0 saturated heterocycles. The largest absolute Gasteiger partial charge is 0.384 e. The van der Waals surface area contributed by atoms with Crippen LogP contribution in [-0.2, 0) is 0 Å². The smallest absolute Gasteiger partial charge is 0.125 e. The first kappa shape index (κ1) is 9.78. The minimum atomic E-state index is 0.558. The van der Waals surface area contributed by atoms with Crippen LogP contribution in [0.2, 0.25) is 0 Å². The molecule has 0 heterocycles. The van der Waals surface area contributed by atoms with E-state index in [9.17, 15) is 0 Å². The van der Waals surface area contributed by atoms with Crippen LogP contribution in [-0.4, -0.2) is 12.4 Å². The number of nitrogens with zero attached hydrogens (tertiary/aromatic N) is 1. The molecule has 0 fully saturated rings. The second-order valence-corrected chi connectivity index (χ2v) is 3.49. The molecule has 0 aliphatic carbocycles. The fraction of sp³-hybridized carbons (Fsp3) is 0.364. The predicted octanol–water partition coefficient (Wildman–Crippen LogP) is 2.05. The average Bonchev–Trinajstić information content (AvgIpc) is 2.15. The van der Waals surface area contributed by atoms with Crippen LogP contribution in [0.3, 0.4) is 0 Å². The van der Waals surface area contributed by atoms with Gasteiger partial charge in [-0.05, 0) is 5.92 Å². The van der Waals surface area contributed by atoms with Crippen molar-refractivity contribution < 1.29 is 0 Å². The average molecular weight is 176 g/mol. The fourth-order valence-electron chi connectivity index (χ4n) is 0.981. The summed E-state index contributed by atoms with van der Waals surface area (Å²) in [6, 6.07) is 9.84. The van der Waals surface area contributed by atoms with Gasteiger partial charge in [0, 0.05) is 12.1 Å².